The molecular weight excluding hydrogens is 340 g/mol. The molecule has 1 aromatic carbocycles. The number of ether oxygens (including phenoxy) is 3. The van der Waals surface area contributed by atoms with E-state index < -0.39 is 0 Å². The molecule has 1 aromatic heterocycles. The van der Waals surface area contributed by atoms with Gasteiger partial charge >= 0.3 is 0 Å². The van der Waals surface area contributed by atoms with Crippen molar-refractivity contribution in [3.05, 3.63) is 34.9 Å². The molecule has 1 saturated heterocycles. The molecule has 0 aliphatic carbocycles. The topological polar surface area (TPSA) is 64.5 Å². The van der Waals surface area contributed by atoms with Gasteiger partial charge in [-0.1, -0.05) is 0 Å². The van der Waals surface area contributed by atoms with Crippen LogP contribution in [-0.4, -0.2) is 59.6 Å². The van der Waals surface area contributed by atoms with E-state index in [1.165, 1.54) is 0 Å². The Kier molecular flexibility index (Phi) is 6.43. The van der Waals surface area contributed by atoms with Gasteiger partial charge in [-0.05, 0) is 42.9 Å². The summed E-state index contributed by atoms with van der Waals surface area (Å²) in [5.41, 5.74) is 0. The second-order valence-electron chi connectivity index (χ2n) is 5.87. The lowest BCUT2D eigenvalue weighted by atomic mass is 10.3. The van der Waals surface area contributed by atoms with Crippen LogP contribution in [0.25, 0.3) is 0 Å². The standard InChI is InChI=1S/C17H24N4O3S/c1-22-14-3-5-15(6-4-14)24-13-16-18-19-17(25)21(16)8-2-7-20-9-11-23-12-10-20/h3-6H,2,7-13H2,1H3,(H,19,25). The summed E-state index contributed by atoms with van der Waals surface area (Å²) in [6.07, 6.45) is 1.02. The Bertz CT molecular complexity index is 707. The van der Waals surface area contributed by atoms with Gasteiger partial charge in [-0.2, -0.15) is 5.10 Å². The van der Waals surface area contributed by atoms with E-state index in [0.717, 1.165) is 63.1 Å². The van der Waals surface area contributed by atoms with Crippen molar-refractivity contribution in [2.24, 2.45) is 0 Å². The van der Waals surface area contributed by atoms with Crippen molar-refractivity contribution in [2.75, 3.05) is 40.0 Å². The Morgan fingerprint density at radius 3 is 2.60 bits per heavy atom. The molecule has 25 heavy (non-hydrogen) atoms. The van der Waals surface area contributed by atoms with Crippen molar-refractivity contribution in [3.8, 4) is 11.5 Å². The van der Waals surface area contributed by atoms with Crippen LogP contribution < -0.4 is 9.47 Å². The number of nitrogens with one attached hydrogen (secondary N) is 1. The third-order valence-corrected chi connectivity index (χ3v) is 4.54. The number of hydrogen-bond acceptors (Lipinski definition) is 6. The summed E-state index contributed by atoms with van der Waals surface area (Å²) in [6, 6.07) is 7.50. The van der Waals surface area contributed by atoms with Gasteiger partial charge in [0.2, 0.25) is 0 Å². The van der Waals surface area contributed by atoms with Gasteiger partial charge < -0.3 is 18.8 Å². The number of nitrogens with zero attached hydrogens (tertiary/aromatic N) is 3. The van der Waals surface area contributed by atoms with Crippen molar-refractivity contribution in [1.82, 2.24) is 19.7 Å². The highest BCUT2D eigenvalue weighted by atomic mass is 32.1. The molecule has 0 unspecified atom stereocenters. The predicted octanol–water partition coefficient (Wildman–Crippen LogP) is 2.25. The van der Waals surface area contributed by atoms with Crippen molar-refractivity contribution < 1.29 is 14.2 Å². The highest BCUT2D eigenvalue weighted by Gasteiger charge is 2.11. The van der Waals surface area contributed by atoms with Crippen molar-refractivity contribution >= 4 is 12.2 Å². The molecular formula is C17H24N4O3S. The molecule has 1 aliphatic rings. The molecule has 1 aliphatic heterocycles. The molecule has 2 heterocycles. The number of hydrogen-bond donors (Lipinski definition) is 1. The van der Waals surface area contributed by atoms with Crippen molar-refractivity contribution in [1.29, 1.82) is 0 Å². The molecule has 2 aromatic rings. The van der Waals surface area contributed by atoms with Crippen LogP contribution in [0.1, 0.15) is 12.2 Å². The van der Waals surface area contributed by atoms with E-state index >= 15 is 0 Å². The number of methoxy groups -OCH3 is 1. The molecule has 1 fully saturated rings. The first-order chi connectivity index (χ1) is 12.3. The monoisotopic (exact) mass is 364 g/mol. The summed E-state index contributed by atoms with van der Waals surface area (Å²) in [7, 11) is 1.64. The predicted molar refractivity (Wildman–Crippen MR) is 96.6 cm³/mol. The fraction of sp³-hybridized carbons (Fsp3) is 0.529. The number of aromatic nitrogens is 3. The number of benzene rings is 1. The van der Waals surface area contributed by atoms with E-state index in [4.69, 9.17) is 26.4 Å². The van der Waals surface area contributed by atoms with Crippen LogP contribution in [-0.2, 0) is 17.9 Å². The molecule has 7 nitrogen and oxygen atoms in total. The third-order valence-electron chi connectivity index (χ3n) is 4.22. The van der Waals surface area contributed by atoms with Crippen LogP contribution in [0.3, 0.4) is 0 Å². The molecule has 0 amide bonds. The summed E-state index contributed by atoms with van der Waals surface area (Å²) in [5.74, 6) is 2.38. The van der Waals surface area contributed by atoms with Gasteiger partial charge in [-0.3, -0.25) is 10.00 Å². The van der Waals surface area contributed by atoms with Crippen LogP contribution in [0.5, 0.6) is 11.5 Å². The second-order valence-corrected chi connectivity index (χ2v) is 6.26. The Morgan fingerprint density at radius 1 is 1.16 bits per heavy atom. The summed E-state index contributed by atoms with van der Waals surface area (Å²) in [5, 5.41) is 7.15. The average molecular weight is 364 g/mol. The van der Waals surface area contributed by atoms with Gasteiger partial charge in [0.15, 0.2) is 10.6 Å². The van der Waals surface area contributed by atoms with E-state index in [1.807, 2.05) is 28.8 Å². The zero-order valence-corrected chi connectivity index (χ0v) is 15.3. The van der Waals surface area contributed by atoms with Crippen molar-refractivity contribution in [2.45, 2.75) is 19.6 Å². The van der Waals surface area contributed by atoms with Crippen LogP contribution in [0.15, 0.2) is 24.3 Å². The Hall–Kier alpha value is -1.90. The van der Waals surface area contributed by atoms with Gasteiger partial charge in [0, 0.05) is 26.2 Å². The van der Waals surface area contributed by atoms with Gasteiger partial charge in [-0.15, -0.1) is 0 Å². The van der Waals surface area contributed by atoms with Gasteiger partial charge in [0.1, 0.15) is 18.1 Å². The van der Waals surface area contributed by atoms with Crippen LogP contribution in [0, 0.1) is 4.77 Å². The van der Waals surface area contributed by atoms with E-state index in [-0.39, 0.29) is 0 Å². The lowest BCUT2D eigenvalue weighted by Crippen LogP contribution is -2.37. The van der Waals surface area contributed by atoms with Crippen LogP contribution >= 0.6 is 12.2 Å². The number of morpholine rings is 1. The summed E-state index contributed by atoms with van der Waals surface area (Å²) >= 11 is 5.35. The first-order valence-electron chi connectivity index (χ1n) is 8.47. The highest BCUT2D eigenvalue weighted by molar-refractivity contribution is 7.71. The SMILES string of the molecule is COc1ccc(OCc2n[nH]c(=S)n2CCCN2CCOCC2)cc1. The zero-order chi connectivity index (χ0) is 17.5. The zero-order valence-electron chi connectivity index (χ0n) is 14.4. The molecule has 0 atom stereocenters. The maximum absolute atomic E-state index is 5.81. The molecule has 0 bridgehead atoms. The molecule has 3 rings (SSSR count). The molecule has 1 N–H and O–H groups in total. The van der Waals surface area contributed by atoms with Crippen LogP contribution in [0.4, 0.5) is 0 Å². The largest absolute Gasteiger partial charge is 0.497 e. The molecule has 8 heteroatoms. The number of H-pyrrole nitrogens is 1. The molecule has 136 valence electrons. The summed E-state index contributed by atoms with van der Waals surface area (Å²) in [4.78, 5) is 2.42. The quantitative estimate of drug-likeness (QED) is 0.725. The van der Waals surface area contributed by atoms with Crippen LogP contribution in [0.2, 0.25) is 0 Å². The first-order valence-corrected chi connectivity index (χ1v) is 8.88. The fourth-order valence-corrected chi connectivity index (χ4v) is 3.03. The minimum Gasteiger partial charge on any atom is -0.497 e. The minimum atomic E-state index is 0.372. The van der Waals surface area contributed by atoms with Gasteiger partial charge in [-0.25, -0.2) is 0 Å². The Balaban J connectivity index is 1.52. The Morgan fingerprint density at radius 2 is 1.88 bits per heavy atom. The lowest BCUT2D eigenvalue weighted by molar-refractivity contribution is 0.0368. The number of rotatable bonds is 8. The first kappa shape index (κ1) is 17.9. The normalized spacial score (nSPS) is 15.2. The van der Waals surface area contributed by atoms with Gasteiger partial charge in [0.05, 0.1) is 20.3 Å². The summed E-state index contributed by atoms with van der Waals surface area (Å²) < 4.78 is 19.0. The van der Waals surface area contributed by atoms with E-state index in [2.05, 4.69) is 15.1 Å². The van der Waals surface area contributed by atoms with Gasteiger partial charge in [0.25, 0.3) is 0 Å². The van der Waals surface area contributed by atoms with Crippen molar-refractivity contribution in [3.63, 3.8) is 0 Å². The maximum atomic E-state index is 5.81. The molecule has 0 spiro atoms. The molecule has 0 saturated carbocycles. The summed E-state index contributed by atoms with van der Waals surface area (Å²) in [6.45, 7) is 5.90. The second kappa shape index (κ2) is 8.98. The molecule has 0 radical (unpaired) electrons. The average Bonchev–Trinajstić information content (AvgIpc) is 3.01. The Labute approximate surface area is 152 Å². The van der Waals surface area contributed by atoms with E-state index in [0.29, 0.717) is 11.4 Å². The highest BCUT2D eigenvalue weighted by Crippen LogP contribution is 2.18. The minimum absolute atomic E-state index is 0.372. The lowest BCUT2D eigenvalue weighted by Gasteiger charge is -2.26. The maximum Gasteiger partial charge on any atom is 0.195 e. The number of aromatic amines is 1. The fourth-order valence-electron chi connectivity index (χ4n) is 2.79. The van der Waals surface area contributed by atoms with E-state index in [9.17, 15) is 0 Å². The van der Waals surface area contributed by atoms with E-state index in [1.54, 1.807) is 7.11 Å². The third kappa shape index (κ3) is 5.04. The smallest absolute Gasteiger partial charge is 0.195 e.